The van der Waals surface area contributed by atoms with E-state index in [0.29, 0.717) is 24.8 Å². The predicted molar refractivity (Wildman–Crippen MR) is 75.6 cm³/mol. The number of carbonyl (C=O) groups is 1. The number of aliphatic hydroxyl groups is 1. The van der Waals surface area contributed by atoms with E-state index in [9.17, 15) is 9.90 Å². The quantitative estimate of drug-likeness (QED) is 0.812. The number of nitrogens with two attached hydrogens (primary N) is 1. The second-order valence-electron chi connectivity index (χ2n) is 6.52. The van der Waals surface area contributed by atoms with Crippen LogP contribution in [0, 0.1) is 11.8 Å². The van der Waals surface area contributed by atoms with E-state index in [1.54, 1.807) is 0 Å². The molecule has 3 atom stereocenters. The molecule has 1 amide bonds. The molecule has 4 nitrogen and oxygen atoms in total. The van der Waals surface area contributed by atoms with Crippen LogP contribution in [0.2, 0.25) is 0 Å². The molecule has 1 saturated carbocycles. The Morgan fingerprint density at radius 3 is 3.00 bits per heavy atom. The zero-order chi connectivity index (χ0) is 13.9. The van der Waals surface area contributed by atoms with Gasteiger partial charge in [0, 0.05) is 25.4 Å². The summed E-state index contributed by atoms with van der Waals surface area (Å²) in [7, 11) is 0. The molecular weight excluding hydrogens is 240 g/mol. The minimum Gasteiger partial charge on any atom is -0.389 e. The Morgan fingerprint density at radius 2 is 2.26 bits per heavy atom. The highest BCUT2D eigenvalue weighted by Gasteiger charge is 2.43. The van der Waals surface area contributed by atoms with E-state index in [4.69, 9.17) is 5.73 Å². The van der Waals surface area contributed by atoms with E-state index in [1.807, 2.05) is 4.90 Å². The maximum Gasteiger partial charge on any atom is 0.222 e. The van der Waals surface area contributed by atoms with E-state index in [0.717, 1.165) is 45.2 Å². The van der Waals surface area contributed by atoms with Gasteiger partial charge in [-0.1, -0.05) is 19.8 Å². The maximum atomic E-state index is 12.2. The summed E-state index contributed by atoms with van der Waals surface area (Å²) in [6.45, 7) is 4.22. The highest BCUT2D eigenvalue weighted by atomic mass is 16.3. The van der Waals surface area contributed by atoms with E-state index < -0.39 is 5.60 Å². The van der Waals surface area contributed by atoms with Crippen LogP contribution in [0.5, 0.6) is 0 Å². The normalized spacial score (nSPS) is 32.8. The SMILES string of the molecule is CC(CN)CCC(=O)N1CCC2(O)CCCCC2C1. The Kier molecular flexibility index (Phi) is 4.85. The summed E-state index contributed by atoms with van der Waals surface area (Å²) in [5.41, 5.74) is 5.10. The van der Waals surface area contributed by atoms with Crippen molar-refractivity contribution in [2.45, 2.75) is 57.5 Å². The van der Waals surface area contributed by atoms with Crippen LogP contribution >= 0.6 is 0 Å². The van der Waals surface area contributed by atoms with Crippen molar-refractivity contribution >= 4 is 5.91 Å². The first kappa shape index (κ1) is 14.8. The molecule has 2 fully saturated rings. The van der Waals surface area contributed by atoms with E-state index in [1.165, 1.54) is 6.42 Å². The Labute approximate surface area is 116 Å². The Morgan fingerprint density at radius 1 is 1.47 bits per heavy atom. The van der Waals surface area contributed by atoms with Gasteiger partial charge in [0.1, 0.15) is 0 Å². The highest BCUT2D eigenvalue weighted by Crippen LogP contribution is 2.39. The van der Waals surface area contributed by atoms with Crippen molar-refractivity contribution < 1.29 is 9.90 Å². The van der Waals surface area contributed by atoms with Crippen molar-refractivity contribution in [1.82, 2.24) is 4.90 Å². The number of amides is 1. The van der Waals surface area contributed by atoms with Crippen LogP contribution in [0.1, 0.15) is 51.9 Å². The van der Waals surface area contributed by atoms with Crippen LogP contribution in [-0.4, -0.2) is 41.1 Å². The third-order valence-electron chi connectivity index (χ3n) is 5.03. The average molecular weight is 268 g/mol. The zero-order valence-corrected chi connectivity index (χ0v) is 12.1. The van der Waals surface area contributed by atoms with Crippen LogP contribution < -0.4 is 5.73 Å². The number of fused-ring (bicyclic) bond motifs is 1. The molecule has 0 radical (unpaired) electrons. The van der Waals surface area contributed by atoms with Gasteiger partial charge in [0.15, 0.2) is 0 Å². The molecule has 1 saturated heterocycles. The molecule has 1 aliphatic carbocycles. The van der Waals surface area contributed by atoms with Gasteiger partial charge in [-0.25, -0.2) is 0 Å². The molecular formula is C15H28N2O2. The molecule has 2 rings (SSSR count). The van der Waals surface area contributed by atoms with Crippen molar-refractivity contribution in [2.75, 3.05) is 19.6 Å². The monoisotopic (exact) mass is 268 g/mol. The van der Waals surface area contributed by atoms with Crippen LogP contribution in [0.4, 0.5) is 0 Å². The minimum atomic E-state index is -0.487. The molecule has 0 aromatic carbocycles. The first-order valence-corrected chi connectivity index (χ1v) is 7.75. The van der Waals surface area contributed by atoms with Crippen molar-refractivity contribution in [3.8, 4) is 0 Å². The summed E-state index contributed by atoms with van der Waals surface area (Å²) in [5, 5.41) is 10.6. The molecule has 1 heterocycles. The Bertz CT molecular complexity index is 321. The lowest BCUT2D eigenvalue weighted by molar-refractivity contribution is -0.143. The van der Waals surface area contributed by atoms with Gasteiger partial charge in [0.05, 0.1) is 5.60 Å². The third-order valence-corrected chi connectivity index (χ3v) is 5.03. The second kappa shape index (κ2) is 6.23. The van der Waals surface area contributed by atoms with Gasteiger partial charge in [-0.3, -0.25) is 4.79 Å². The van der Waals surface area contributed by atoms with Gasteiger partial charge >= 0.3 is 0 Å². The molecule has 19 heavy (non-hydrogen) atoms. The van der Waals surface area contributed by atoms with Gasteiger partial charge in [0.2, 0.25) is 5.91 Å². The number of nitrogens with zero attached hydrogens (tertiary/aromatic N) is 1. The average Bonchev–Trinajstić information content (AvgIpc) is 2.43. The molecule has 2 aliphatic rings. The molecule has 3 unspecified atom stereocenters. The number of likely N-dealkylation sites (tertiary alicyclic amines) is 1. The molecule has 0 aromatic rings. The number of piperidine rings is 1. The van der Waals surface area contributed by atoms with Gasteiger partial charge in [-0.05, 0) is 38.1 Å². The summed E-state index contributed by atoms with van der Waals surface area (Å²) in [6.07, 6.45) is 6.55. The summed E-state index contributed by atoms with van der Waals surface area (Å²) in [5.74, 6) is 0.958. The highest BCUT2D eigenvalue weighted by molar-refractivity contribution is 5.76. The van der Waals surface area contributed by atoms with E-state index in [-0.39, 0.29) is 5.91 Å². The summed E-state index contributed by atoms with van der Waals surface area (Å²) >= 11 is 0. The summed E-state index contributed by atoms with van der Waals surface area (Å²) in [4.78, 5) is 14.2. The van der Waals surface area contributed by atoms with Crippen molar-refractivity contribution in [1.29, 1.82) is 0 Å². The summed E-state index contributed by atoms with van der Waals surface area (Å²) < 4.78 is 0. The van der Waals surface area contributed by atoms with Crippen LogP contribution in [0.25, 0.3) is 0 Å². The number of carbonyl (C=O) groups excluding carboxylic acids is 1. The van der Waals surface area contributed by atoms with Crippen molar-refractivity contribution in [3.63, 3.8) is 0 Å². The van der Waals surface area contributed by atoms with Crippen molar-refractivity contribution in [3.05, 3.63) is 0 Å². The fraction of sp³-hybridized carbons (Fsp3) is 0.933. The lowest BCUT2D eigenvalue weighted by atomic mass is 9.71. The van der Waals surface area contributed by atoms with Crippen LogP contribution in [0.3, 0.4) is 0 Å². The number of rotatable bonds is 4. The number of hydrogen-bond acceptors (Lipinski definition) is 3. The van der Waals surface area contributed by atoms with Gasteiger partial charge < -0.3 is 15.7 Å². The predicted octanol–water partition coefficient (Wildman–Crippen LogP) is 1.51. The second-order valence-corrected chi connectivity index (χ2v) is 6.52. The Hall–Kier alpha value is -0.610. The largest absolute Gasteiger partial charge is 0.389 e. The molecule has 0 aromatic heterocycles. The molecule has 3 N–H and O–H groups in total. The fourth-order valence-electron chi connectivity index (χ4n) is 3.44. The lowest BCUT2D eigenvalue weighted by Gasteiger charge is -2.47. The lowest BCUT2D eigenvalue weighted by Crippen LogP contribution is -2.54. The summed E-state index contributed by atoms with van der Waals surface area (Å²) in [6, 6.07) is 0. The van der Waals surface area contributed by atoms with Crippen LogP contribution in [-0.2, 0) is 4.79 Å². The topological polar surface area (TPSA) is 66.6 Å². The molecule has 110 valence electrons. The fourth-order valence-corrected chi connectivity index (χ4v) is 3.44. The molecule has 0 spiro atoms. The first-order valence-electron chi connectivity index (χ1n) is 7.75. The van der Waals surface area contributed by atoms with Crippen LogP contribution in [0.15, 0.2) is 0 Å². The molecule has 0 bridgehead atoms. The minimum absolute atomic E-state index is 0.243. The van der Waals surface area contributed by atoms with E-state index in [2.05, 4.69) is 6.92 Å². The van der Waals surface area contributed by atoms with Crippen molar-refractivity contribution in [2.24, 2.45) is 17.6 Å². The zero-order valence-electron chi connectivity index (χ0n) is 12.1. The van der Waals surface area contributed by atoms with Gasteiger partial charge in [0.25, 0.3) is 0 Å². The molecule has 4 heteroatoms. The maximum absolute atomic E-state index is 12.2. The third kappa shape index (κ3) is 3.48. The smallest absolute Gasteiger partial charge is 0.222 e. The molecule has 1 aliphatic heterocycles. The Balaban J connectivity index is 1.84. The number of hydrogen-bond donors (Lipinski definition) is 2. The van der Waals surface area contributed by atoms with E-state index >= 15 is 0 Å². The first-order chi connectivity index (χ1) is 9.05. The standard InChI is InChI=1S/C15H28N2O2/c1-12(10-16)5-6-14(18)17-9-8-15(19)7-3-2-4-13(15)11-17/h12-13,19H,2-11,16H2,1H3. The van der Waals surface area contributed by atoms with Gasteiger partial charge in [-0.15, -0.1) is 0 Å². The van der Waals surface area contributed by atoms with Gasteiger partial charge in [-0.2, -0.15) is 0 Å².